The fraction of sp³-hybridized carbons (Fsp3) is 0.333. The molecule has 0 unspecified atom stereocenters. The Morgan fingerprint density at radius 3 is 1.71 bits per heavy atom. The largest absolute Gasteiger partial charge is 0.473 e. The number of nitrogens with zero attached hydrogens (tertiary/aromatic N) is 2. The zero-order valence-corrected chi connectivity index (χ0v) is 15.8. The number of halogens is 1. The predicted octanol–water partition coefficient (Wildman–Crippen LogP) is 2.61. The second kappa shape index (κ2) is 10.5. The SMILES string of the molecule is Cc1ccccc1CN1CCN(Cc2ccccc2F)CC1.O=C(O)C(=O)O. The summed E-state index contributed by atoms with van der Waals surface area (Å²) in [7, 11) is 0. The third-order valence-electron chi connectivity index (χ3n) is 4.65. The summed E-state index contributed by atoms with van der Waals surface area (Å²) in [6.07, 6.45) is 0. The Labute approximate surface area is 163 Å². The number of hydrogen-bond acceptors (Lipinski definition) is 4. The molecule has 1 aliphatic rings. The Balaban J connectivity index is 0.000000409. The van der Waals surface area contributed by atoms with Gasteiger partial charge in [-0.15, -0.1) is 0 Å². The van der Waals surface area contributed by atoms with Crippen molar-refractivity contribution in [1.29, 1.82) is 0 Å². The van der Waals surface area contributed by atoms with E-state index >= 15 is 0 Å². The van der Waals surface area contributed by atoms with Gasteiger partial charge in [0.05, 0.1) is 0 Å². The molecule has 1 aliphatic heterocycles. The lowest BCUT2D eigenvalue weighted by molar-refractivity contribution is -0.159. The summed E-state index contributed by atoms with van der Waals surface area (Å²) in [5.41, 5.74) is 3.57. The van der Waals surface area contributed by atoms with Crippen LogP contribution in [0.15, 0.2) is 48.5 Å². The van der Waals surface area contributed by atoms with E-state index in [1.54, 1.807) is 12.1 Å². The lowest BCUT2D eigenvalue weighted by Gasteiger charge is -2.35. The fourth-order valence-electron chi connectivity index (χ4n) is 3.00. The Bertz CT molecular complexity index is 737. The number of aliphatic carboxylic acids is 2. The highest BCUT2D eigenvalue weighted by Crippen LogP contribution is 2.15. The maximum Gasteiger partial charge on any atom is 0.414 e. The van der Waals surface area contributed by atoms with Crippen molar-refractivity contribution in [3.8, 4) is 0 Å². The molecule has 28 heavy (non-hydrogen) atoms. The molecule has 1 saturated heterocycles. The first-order chi connectivity index (χ1) is 13.4. The summed E-state index contributed by atoms with van der Waals surface area (Å²) in [4.78, 5) is 23.0. The lowest BCUT2D eigenvalue weighted by Crippen LogP contribution is -2.45. The number of benzene rings is 2. The van der Waals surface area contributed by atoms with Crippen molar-refractivity contribution >= 4 is 11.9 Å². The fourth-order valence-corrected chi connectivity index (χ4v) is 3.00. The van der Waals surface area contributed by atoms with E-state index in [0.29, 0.717) is 6.54 Å². The molecule has 2 aromatic carbocycles. The number of hydrogen-bond donors (Lipinski definition) is 2. The van der Waals surface area contributed by atoms with E-state index in [2.05, 4.69) is 41.0 Å². The van der Waals surface area contributed by atoms with Crippen LogP contribution in [-0.2, 0) is 22.7 Å². The van der Waals surface area contributed by atoms with Gasteiger partial charge < -0.3 is 10.2 Å². The van der Waals surface area contributed by atoms with Gasteiger partial charge in [-0.25, -0.2) is 14.0 Å². The van der Waals surface area contributed by atoms with Gasteiger partial charge in [-0.05, 0) is 24.1 Å². The summed E-state index contributed by atoms with van der Waals surface area (Å²) >= 11 is 0. The quantitative estimate of drug-likeness (QED) is 0.784. The highest BCUT2D eigenvalue weighted by molar-refractivity contribution is 6.27. The Hall–Kier alpha value is -2.77. The normalized spacial score (nSPS) is 14.8. The molecule has 0 aromatic heterocycles. The number of piperazine rings is 1. The average Bonchev–Trinajstić information content (AvgIpc) is 2.67. The first kappa shape index (κ1) is 21.5. The molecule has 1 fully saturated rings. The highest BCUT2D eigenvalue weighted by Gasteiger charge is 2.18. The smallest absolute Gasteiger partial charge is 0.414 e. The van der Waals surface area contributed by atoms with Gasteiger partial charge in [-0.3, -0.25) is 9.80 Å². The van der Waals surface area contributed by atoms with Crippen LogP contribution < -0.4 is 0 Å². The van der Waals surface area contributed by atoms with Gasteiger partial charge in [0.15, 0.2) is 0 Å². The molecule has 0 atom stereocenters. The molecular weight excluding hydrogens is 363 g/mol. The predicted molar refractivity (Wildman–Crippen MR) is 103 cm³/mol. The minimum absolute atomic E-state index is 0.0927. The van der Waals surface area contributed by atoms with Crippen molar-refractivity contribution in [3.63, 3.8) is 0 Å². The van der Waals surface area contributed by atoms with Crippen molar-refractivity contribution in [2.45, 2.75) is 20.0 Å². The van der Waals surface area contributed by atoms with Crippen molar-refractivity contribution < 1.29 is 24.2 Å². The van der Waals surface area contributed by atoms with Crippen molar-refractivity contribution in [1.82, 2.24) is 9.80 Å². The Kier molecular flexibility index (Phi) is 8.10. The third-order valence-corrected chi connectivity index (χ3v) is 4.65. The van der Waals surface area contributed by atoms with Gasteiger partial charge in [0.1, 0.15) is 5.82 Å². The molecular formula is C21H25FN2O4. The highest BCUT2D eigenvalue weighted by atomic mass is 19.1. The second-order valence-electron chi connectivity index (χ2n) is 6.68. The van der Waals surface area contributed by atoms with E-state index in [-0.39, 0.29) is 5.82 Å². The molecule has 0 bridgehead atoms. The summed E-state index contributed by atoms with van der Waals surface area (Å²) < 4.78 is 13.7. The molecule has 2 N–H and O–H groups in total. The van der Waals surface area contributed by atoms with Gasteiger partial charge >= 0.3 is 11.9 Å². The standard InChI is InChI=1S/C19H23FN2.C2H2O4/c1-16-6-2-3-7-17(16)14-21-10-12-22(13-11-21)15-18-8-4-5-9-19(18)20;3-1(4)2(5)6/h2-9H,10-15H2,1H3;(H,3,4)(H,5,6). The van der Waals surface area contributed by atoms with Gasteiger partial charge in [-0.2, -0.15) is 0 Å². The number of carbonyl (C=O) groups is 2. The van der Waals surface area contributed by atoms with E-state index in [4.69, 9.17) is 19.8 Å². The lowest BCUT2D eigenvalue weighted by atomic mass is 10.1. The molecule has 6 nitrogen and oxygen atoms in total. The van der Waals surface area contributed by atoms with Crippen LogP contribution in [0.1, 0.15) is 16.7 Å². The summed E-state index contributed by atoms with van der Waals surface area (Å²) in [6.45, 7) is 7.99. The maximum absolute atomic E-state index is 13.7. The molecule has 0 aliphatic carbocycles. The zero-order valence-electron chi connectivity index (χ0n) is 15.8. The Morgan fingerprint density at radius 1 is 0.821 bits per heavy atom. The van der Waals surface area contributed by atoms with E-state index in [1.165, 1.54) is 11.1 Å². The van der Waals surface area contributed by atoms with E-state index < -0.39 is 11.9 Å². The first-order valence-corrected chi connectivity index (χ1v) is 9.05. The number of carboxylic acids is 2. The van der Waals surface area contributed by atoms with Crippen LogP contribution in [0.2, 0.25) is 0 Å². The second-order valence-corrected chi connectivity index (χ2v) is 6.68. The first-order valence-electron chi connectivity index (χ1n) is 9.05. The van der Waals surface area contributed by atoms with Crippen molar-refractivity contribution in [2.24, 2.45) is 0 Å². The van der Waals surface area contributed by atoms with Gasteiger partial charge in [0.25, 0.3) is 0 Å². The zero-order chi connectivity index (χ0) is 20.5. The third kappa shape index (κ3) is 6.75. The van der Waals surface area contributed by atoms with Crippen LogP contribution in [0.25, 0.3) is 0 Å². The van der Waals surface area contributed by atoms with Crippen molar-refractivity contribution in [2.75, 3.05) is 26.2 Å². The minimum atomic E-state index is -1.82. The van der Waals surface area contributed by atoms with Crippen LogP contribution in [0.3, 0.4) is 0 Å². The minimum Gasteiger partial charge on any atom is -0.473 e. The van der Waals surface area contributed by atoms with E-state index in [0.717, 1.165) is 38.3 Å². The molecule has 1 heterocycles. The molecule has 7 heteroatoms. The van der Waals surface area contributed by atoms with Crippen LogP contribution in [0.5, 0.6) is 0 Å². The van der Waals surface area contributed by atoms with Gasteiger partial charge in [0.2, 0.25) is 0 Å². The molecule has 2 aromatic rings. The molecule has 0 amide bonds. The van der Waals surface area contributed by atoms with Crippen molar-refractivity contribution in [3.05, 3.63) is 71.0 Å². The molecule has 150 valence electrons. The van der Waals surface area contributed by atoms with Gasteiger partial charge in [-0.1, -0.05) is 42.5 Å². The molecule has 0 radical (unpaired) electrons. The van der Waals surface area contributed by atoms with E-state index in [9.17, 15) is 4.39 Å². The summed E-state index contributed by atoms with van der Waals surface area (Å²) in [5, 5.41) is 14.8. The Morgan fingerprint density at radius 2 is 1.25 bits per heavy atom. The van der Waals surface area contributed by atoms with Crippen LogP contribution >= 0.6 is 0 Å². The monoisotopic (exact) mass is 388 g/mol. The van der Waals surface area contributed by atoms with Crippen LogP contribution in [-0.4, -0.2) is 58.1 Å². The molecule has 0 saturated carbocycles. The topological polar surface area (TPSA) is 81.1 Å². The number of aryl methyl sites for hydroxylation is 1. The molecule has 0 spiro atoms. The average molecular weight is 388 g/mol. The maximum atomic E-state index is 13.7. The van der Waals surface area contributed by atoms with Crippen LogP contribution in [0.4, 0.5) is 4.39 Å². The summed E-state index contributed by atoms with van der Waals surface area (Å²) in [6, 6.07) is 15.7. The van der Waals surface area contributed by atoms with Gasteiger partial charge in [0, 0.05) is 44.8 Å². The van der Waals surface area contributed by atoms with E-state index in [1.807, 2.05) is 12.1 Å². The summed E-state index contributed by atoms with van der Waals surface area (Å²) in [5.74, 6) is -3.74. The van der Waals surface area contributed by atoms with Crippen LogP contribution in [0, 0.1) is 12.7 Å². The molecule has 3 rings (SSSR count). The number of carboxylic acid groups (broad SMARTS) is 2. The number of rotatable bonds is 4.